The molecule has 1 N–H and O–H groups in total. The van der Waals surface area contributed by atoms with E-state index in [0.29, 0.717) is 26.2 Å². The van der Waals surface area contributed by atoms with Crippen LogP contribution in [0.4, 0.5) is 0 Å². The Bertz CT molecular complexity index is 734. The molecule has 2 aromatic rings. The lowest BCUT2D eigenvalue weighted by Gasteiger charge is -2.34. The largest absolute Gasteiger partial charge is 0.355 e. The van der Waals surface area contributed by atoms with Crippen LogP contribution in [0.1, 0.15) is 22.3 Å². The summed E-state index contributed by atoms with van der Waals surface area (Å²) in [5, 5.41) is 7.77. The normalized spacial score (nSPS) is 15.4. The van der Waals surface area contributed by atoms with Crippen LogP contribution in [-0.4, -0.2) is 65.9 Å². The molecule has 6 nitrogen and oxygen atoms in total. The molecule has 25 heavy (non-hydrogen) atoms. The highest BCUT2D eigenvalue weighted by Crippen LogP contribution is 2.30. The molecule has 2 aromatic heterocycles. The molecule has 3 heterocycles. The molecule has 0 aromatic carbocycles. The predicted molar refractivity (Wildman–Crippen MR) is 101 cm³/mol. The summed E-state index contributed by atoms with van der Waals surface area (Å²) >= 11 is 3.09. The number of amides is 2. The predicted octanol–water partition coefficient (Wildman–Crippen LogP) is 2.07. The van der Waals surface area contributed by atoms with Gasteiger partial charge in [0.05, 0.1) is 12.2 Å². The molecule has 3 rings (SSSR count). The van der Waals surface area contributed by atoms with E-state index in [0.717, 1.165) is 34.2 Å². The average Bonchev–Trinajstić information content (AvgIpc) is 3.24. The number of thiazole rings is 1. The maximum Gasteiger partial charge on any atom is 0.265 e. The first-order valence-corrected chi connectivity index (χ1v) is 10.1. The van der Waals surface area contributed by atoms with Crippen LogP contribution in [0, 0.1) is 6.92 Å². The second-order valence-electron chi connectivity index (χ2n) is 5.97. The van der Waals surface area contributed by atoms with Crippen LogP contribution in [0.25, 0.3) is 10.6 Å². The molecule has 1 fully saturated rings. The van der Waals surface area contributed by atoms with Gasteiger partial charge in [-0.3, -0.25) is 14.5 Å². The fourth-order valence-corrected chi connectivity index (χ4v) is 4.56. The molecule has 1 aliphatic rings. The second kappa shape index (κ2) is 8.07. The van der Waals surface area contributed by atoms with Crippen molar-refractivity contribution < 1.29 is 9.59 Å². The van der Waals surface area contributed by atoms with Crippen LogP contribution in [0.2, 0.25) is 0 Å². The van der Waals surface area contributed by atoms with E-state index in [9.17, 15) is 9.59 Å². The van der Waals surface area contributed by atoms with Gasteiger partial charge in [0, 0.05) is 43.7 Å². The molecule has 0 bridgehead atoms. The summed E-state index contributed by atoms with van der Waals surface area (Å²) in [5.41, 5.74) is 1.87. The van der Waals surface area contributed by atoms with Crippen LogP contribution in [0.3, 0.4) is 0 Å². The molecule has 0 radical (unpaired) electrons. The summed E-state index contributed by atoms with van der Waals surface area (Å²) in [6.45, 7) is 7.58. The summed E-state index contributed by atoms with van der Waals surface area (Å²) in [6.07, 6.45) is 0. The van der Waals surface area contributed by atoms with Crippen molar-refractivity contribution >= 4 is 34.5 Å². The van der Waals surface area contributed by atoms with E-state index < -0.39 is 0 Å². The van der Waals surface area contributed by atoms with Crippen LogP contribution >= 0.6 is 22.7 Å². The first kappa shape index (κ1) is 18.0. The molecular weight excluding hydrogens is 356 g/mol. The lowest BCUT2D eigenvalue weighted by molar-refractivity contribution is -0.122. The van der Waals surface area contributed by atoms with E-state index in [1.54, 1.807) is 11.3 Å². The Morgan fingerprint density at radius 1 is 1.28 bits per heavy atom. The first-order chi connectivity index (χ1) is 12.1. The van der Waals surface area contributed by atoms with Crippen molar-refractivity contribution in [2.75, 3.05) is 39.3 Å². The van der Waals surface area contributed by atoms with Crippen molar-refractivity contribution in [1.82, 2.24) is 20.1 Å². The number of carbonyl (C=O) groups is 2. The molecule has 134 valence electrons. The number of aromatic nitrogens is 1. The maximum atomic E-state index is 12.8. The van der Waals surface area contributed by atoms with Crippen molar-refractivity contribution in [2.45, 2.75) is 13.8 Å². The number of hydrogen-bond acceptors (Lipinski definition) is 6. The molecule has 0 saturated carbocycles. The zero-order chi connectivity index (χ0) is 17.8. The average molecular weight is 379 g/mol. The highest BCUT2D eigenvalue weighted by molar-refractivity contribution is 7.17. The number of aryl methyl sites for hydroxylation is 1. The van der Waals surface area contributed by atoms with Gasteiger partial charge in [0.1, 0.15) is 9.88 Å². The van der Waals surface area contributed by atoms with E-state index in [2.05, 4.69) is 15.2 Å². The van der Waals surface area contributed by atoms with Gasteiger partial charge in [0.15, 0.2) is 0 Å². The van der Waals surface area contributed by atoms with E-state index in [1.807, 2.05) is 35.6 Å². The van der Waals surface area contributed by atoms with E-state index >= 15 is 0 Å². The van der Waals surface area contributed by atoms with Gasteiger partial charge in [0.2, 0.25) is 5.91 Å². The van der Waals surface area contributed by atoms with Gasteiger partial charge in [-0.15, -0.1) is 11.3 Å². The molecule has 1 aliphatic heterocycles. The Morgan fingerprint density at radius 2 is 2.04 bits per heavy atom. The molecule has 8 heteroatoms. The number of carbonyl (C=O) groups excluding carboxylic acids is 2. The van der Waals surface area contributed by atoms with E-state index in [4.69, 9.17) is 0 Å². The smallest absolute Gasteiger partial charge is 0.265 e. The van der Waals surface area contributed by atoms with Crippen molar-refractivity contribution in [3.05, 3.63) is 27.4 Å². The van der Waals surface area contributed by atoms with Gasteiger partial charge >= 0.3 is 0 Å². The number of nitrogens with one attached hydrogen (secondary N) is 1. The van der Waals surface area contributed by atoms with E-state index in [1.165, 1.54) is 11.3 Å². The van der Waals surface area contributed by atoms with Crippen molar-refractivity contribution in [2.24, 2.45) is 0 Å². The van der Waals surface area contributed by atoms with Crippen molar-refractivity contribution in [1.29, 1.82) is 0 Å². The lowest BCUT2D eigenvalue weighted by atomic mass is 10.2. The number of rotatable bonds is 5. The number of likely N-dealkylation sites (N-methyl/N-ethyl adjacent to an activating group) is 1. The molecule has 2 amide bonds. The van der Waals surface area contributed by atoms with Gasteiger partial charge in [0.25, 0.3) is 5.91 Å². The summed E-state index contributed by atoms with van der Waals surface area (Å²) in [7, 11) is 0. The van der Waals surface area contributed by atoms with E-state index in [-0.39, 0.29) is 11.8 Å². The Kier molecular flexibility index (Phi) is 5.82. The highest BCUT2D eigenvalue weighted by atomic mass is 32.1. The van der Waals surface area contributed by atoms with Crippen LogP contribution in [0.15, 0.2) is 16.8 Å². The first-order valence-electron chi connectivity index (χ1n) is 8.36. The Balaban J connectivity index is 1.60. The second-order valence-corrected chi connectivity index (χ2v) is 7.75. The minimum atomic E-state index is 0.0426. The number of nitrogens with zero attached hydrogens (tertiary/aromatic N) is 3. The zero-order valence-corrected chi connectivity index (χ0v) is 16.1. The highest BCUT2D eigenvalue weighted by Gasteiger charge is 2.26. The lowest BCUT2D eigenvalue weighted by Crippen LogP contribution is -2.51. The minimum Gasteiger partial charge on any atom is -0.355 e. The summed E-state index contributed by atoms with van der Waals surface area (Å²) in [6, 6.07) is 2.03. The molecule has 0 atom stereocenters. The minimum absolute atomic E-state index is 0.0426. The molecule has 0 spiro atoms. The van der Waals surface area contributed by atoms with Gasteiger partial charge in [-0.25, -0.2) is 4.98 Å². The summed E-state index contributed by atoms with van der Waals surface area (Å²) in [5.74, 6) is 0.0927. The van der Waals surface area contributed by atoms with Crippen molar-refractivity contribution in [3.63, 3.8) is 0 Å². The fourth-order valence-electron chi connectivity index (χ4n) is 2.81. The third kappa shape index (κ3) is 4.26. The van der Waals surface area contributed by atoms with Crippen LogP contribution < -0.4 is 5.32 Å². The fraction of sp³-hybridized carbons (Fsp3) is 0.471. The van der Waals surface area contributed by atoms with Crippen LogP contribution in [0.5, 0.6) is 0 Å². The standard InChI is InChI=1S/C17H22N4O2S2/c1-3-18-14(22)10-20-5-7-21(8-6-20)17(23)15-12(2)19-16(25-15)13-4-9-24-11-13/h4,9,11H,3,5-8,10H2,1-2H3,(H,18,22). The van der Waals surface area contributed by atoms with Crippen molar-refractivity contribution in [3.8, 4) is 10.6 Å². The van der Waals surface area contributed by atoms with Crippen LogP contribution in [-0.2, 0) is 4.79 Å². The Labute approximate surface area is 155 Å². The topological polar surface area (TPSA) is 65.5 Å². The SMILES string of the molecule is CCNC(=O)CN1CCN(C(=O)c2sc(-c3ccsc3)nc2C)CC1. The Hall–Kier alpha value is -1.77. The summed E-state index contributed by atoms with van der Waals surface area (Å²) < 4.78 is 0. The third-order valence-electron chi connectivity index (χ3n) is 4.16. The number of piperazine rings is 1. The van der Waals surface area contributed by atoms with Gasteiger partial charge in [-0.05, 0) is 25.3 Å². The monoisotopic (exact) mass is 378 g/mol. The molecule has 1 saturated heterocycles. The number of hydrogen-bond donors (Lipinski definition) is 1. The zero-order valence-electron chi connectivity index (χ0n) is 14.4. The van der Waals surface area contributed by atoms with Gasteiger partial charge in [-0.2, -0.15) is 11.3 Å². The molecule has 0 unspecified atom stereocenters. The summed E-state index contributed by atoms with van der Waals surface area (Å²) in [4.78, 5) is 33.7. The quantitative estimate of drug-likeness (QED) is 0.865. The third-order valence-corrected chi connectivity index (χ3v) is 6.04. The maximum absolute atomic E-state index is 12.8. The Morgan fingerprint density at radius 3 is 2.68 bits per heavy atom. The molecule has 0 aliphatic carbocycles. The van der Waals surface area contributed by atoms with Gasteiger partial charge in [-0.1, -0.05) is 0 Å². The molecular formula is C17H22N4O2S2. The van der Waals surface area contributed by atoms with Gasteiger partial charge < -0.3 is 10.2 Å². The number of thiophene rings is 1.